The Bertz CT molecular complexity index is 1420. The molecule has 1 N–H and O–H groups in total. The summed E-state index contributed by atoms with van der Waals surface area (Å²) in [6.45, 7) is 3.83. The van der Waals surface area contributed by atoms with Gasteiger partial charge in [0.25, 0.3) is 7.82 Å². The van der Waals surface area contributed by atoms with Crippen molar-refractivity contribution in [2.45, 2.75) is 148 Å². The van der Waals surface area contributed by atoms with Crippen molar-refractivity contribution in [2.75, 3.05) is 47.5 Å². The van der Waals surface area contributed by atoms with E-state index < -0.39 is 38.6 Å². The number of unbranched alkanes of at least 4 members (excludes halogenated alkanes) is 7. The molecular formula is C50H82NO9P. The smallest absolute Gasteiger partial charge is 0.306 e. The molecule has 3 atom stereocenters. The summed E-state index contributed by atoms with van der Waals surface area (Å²) >= 11 is 0. The first kappa shape index (κ1) is 57.6. The van der Waals surface area contributed by atoms with E-state index in [1.165, 1.54) is 25.7 Å². The number of esters is 2. The van der Waals surface area contributed by atoms with E-state index in [0.29, 0.717) is 30.3 Å². The van der Waals surface area contributed by atoms with Crippen LogP contribution in [0.25, 0.3) is 0 Å². The predicted molar refractivity (Wildman–Crippen MR) is 251 cm³/mol. The van der Waals surface area contributed by atoms with Gasteiger partial charge >= 0.3 is 11.9 Å². The molecule has 0 radical (unpaired) electrons. The number of nitrogens with zero attached hydrogens (tertiary/aromatic N) is 1. The van der Waals surface area contributed by atoms with Gasteiger partial charge in [-0.05, 0) is 83.5 Å². The number of carbonyl (C=O) groups excluding carboxylic acids is 2. The molecule has 0 bridgehead atoms. The fraction of sp³-hybridized carbons (Fsp3) is 0.600. The van der Waals surface area contributed by atoms with Crippen LogP contribution in [-0.4, -0.2) is 81.2 Å². The molecule has 0 aromatic carbocycles. The van der Waals surface area contributed by atoms with Gasteiger partial charge in [-0.15, -0.1) is 0 Å². The lowest BCUT2D eigenvalue weighted by molar-refractivity contribution is -0.870. The first-order chi connectivity index (χ1) is 29.4. The third kappa shape index (κ3) is 44.5. The van der Waals surface area contributed by atoms with Crippen LogP contribution in [0.3, 0.4) is 0 Å². The minimum atomic E-state index is -4.67. The molecule has 0 aromatic heterocycles. The van der Waals surface area contributed by atoms with E-state index >= 15 is 0 Å². The van der Waals surface area contributed by atoms with Crippen molar-refractivity contribution in [3.8, 4) is 0 Å². The average Bonchev–Trinajstić information content (AvgIpc) is 3.21. The second kappa shape index (κ2) is 40.7. The molecule has 0 amide bonds. The van der Waals surface area contributed by atoms with Gasteiger partial charge in [-0.3, -0.25) is 14.2 Å². The molecule has 0 aliphatic heterocycles. The number of aliphatic hydroxyl groups excluding tert-OH is 1. The van der Waals surface area contributed by atoms with Crippen LogP contribution in [0.2, 0.25) is 0 Å². The highest BCUT2D eigenvalue weighted by Crippen LogP contribution is 2.38. The normalized spacial score (nSPS) is 15.1. The third-order valence-electron chi connectivity index (χ3n) is 8.87. The standard InChI is InChI=1S/C50H82NO9P/c1-6-8-10-11-12-13-14-15-16-17-18-21-24-27-30-33-37-41-49(53)57-45-48(46-59-61(55,56)58-44-43-51(3,4)5)60-50(54)42-38-34-31-28-25-22-19-20-23-26-29-32-36-40-47(52)39-35-9-7-2/h9,12-13,15-16,18,20-23,25,29,31-32,34-36,40,47-48,52H,6-8,10-11,14,17,19,24,26-28,30,33,37-39,41-46H2,1-5H3/b13-12-,16-15-,21-18-,23-20-,25-22-,32-29+,34-31-,35-9-,40-36+/t47?,48-/m1/s1. The Kier molecular flexibility index (Phi) is 38.4. The summed E-state index contributed by atoms with van der Waals surface area (Å²) in [5.41, 5.74) is 0. The van der Waals surface area contributed by atoms with Gasteiger partial charge in [0, 0.05) is 12.8 Å². The Morgan fingerprint density at radius 2 is 1.18 bits per heavy atom. The third-order valence-corrected chi connectivity index (χ3v) is 9.83. The minimum Gasteiger partial charge on any atom is -0.756 e. The van der Waals surface area contributed by atoms with E-state index in [1.54, 1.807) is 6.08 Å². The lowest BCUT2D eigenvalue weighted by Gasteiger charge is -2.28. The molecule has 11 heteroatoms. The Balaban J connectivity index is 4.58. The lowest BCUT2D eigenvalue weighted by atomic mass is 10.1. The van der Waals surface area contributed by atoms with Gasteiger partial charge in [0.2, 0.25) is 0 Å². The van der Waals surface area contributed by atoms with Crippen molar-refractivity contribution in [3.05, 3.63) is 109 Å². The number of hydrogen-bond donors (Lipinski definition) is 1. The van der Waals surface area contributed by atoms with Gasteiger partial charge < -0.3 is 33.0 Å². The fourth-order valence-electron chi connectivity index (χ4n) is 5.30. The summed E-state index contributed by atoms with van der Waals surface area (Å²) in [5, 5.41) is 9.85. The van der Waals surface area contributed by atoms with Crippen molar-refractivity contribution in [2.24, 2.45) is 0 Å². The highest BCUT2D eigenvalue weighted by atomic mass is 31.2. The number of phosphoric ester groups is 1. The predicted octanol–water partition coefficient (Wildman–Crippen LogP) is 11.5. The topological polar surface area (TPSA) is 131 Å². The van der Waals surface area contributed by atoms with Crippen LogP contribution in [0.4, 0.5) is 0 Å². The number of quaternary nitrogens is 1. The van der Waals surface area contributed by atoms with Crippen LogP contribution in [0.5, 0.6) is 0 Å². The van der Waals surface area contributed by atoms with Gasteiger partial charge in [-0.25, -0.2) is 0 Å². The number of phosphoric acid groups is 1. The van der Waals surface area contributed by atoms with Gasteiger partial charge in [-0.2, -0.15) is 0 Å². The average molecular weight is 872 g/mol. The van der Waals surface area contributed by atoms with Crippen molar-refractivity contribution < 1.29 is 47.2 Å². The summed E-state index contributed by atoms with van der Waals surface area (Å²) in [5.74, 6) is -0.991. The Morgan fingerprint density at radius 1 is 0.623 bits per heavy atom. The number of carbonyl (C=O) groups is 2. The SMILES string of the molecule is CC/C=C\CC(O)/C=C/C=C/C/C=C\C/C=C\C/C=C\CCC(=O)O[C@H](COC(=O)CCCCCC/C=C\C/C=C\C/C=C\CCCCC)COP(=O)([O-])OCC[N+](C)(C)C. The molecule has 0 heterocycles. The van der Waals surface area contributed by atoms with E-state index in [4.69, 9.17) is 18.5 Å². The number of likely N-dealkylation sites (N-methyl/N-ethyl adjacent to an activating group) is 1. The summed E-state index contributed by atoms with van der Waals surface area (Å²) < 4.78 is 33.8. The van der Waals surface area contributed by atoms with E-state index in [2.05, 4.69) is 68.5 Å². The summed E-state index contributed by atoms with van der Waals surface area (Å²) in [4.78, 5) is 37.5. The van der Waals surface area contributed by atoms with Crippen LogP contribution in [0.1, 0.15) is 136 Å². The van der Waals surface area contributed by atoms with Crippen LogP contribution in [0, 0.1) is 0 Å². The van der Waals surface area contributed by atoms with E-state index in [1.807, 2.05) is 69.8 Å². The highest BCUT2D eigenvalue weighted by molar-refractivity contribution is 7.45. The zero-order valence-electron chi connectivity index (χ0n) is 38.4. The molecular weight excluding hydrogens is 790 g/mol. The number of rotatable bonds is 39. The van der Waals surface area contributed by atoms with Gasteiger partial charge in [0.1, 0.15) is 19.8 Å². The quantitative estimate of drug-likeness (QED) is 0.0160. The van der Waals surface area contributed by atoms with Crippen molar-refractivity contribution in [3.63, 3.8) is 0 Å². The molecule has 10 nitrogen and oxygen atoms in total. The second-order valence-corrected chi connectivity index (χ2v) is 17.3. The maximum Gasteiger partial charge on any atom is 0.306 e. The van der Waals surface area contributed by atoms with Gasteiger partial charge in [0.05, 0.1) is 33.9 Å². The maximum atomic E-state index is 12.7. The van der Waals surface area contributed by atoms with Crippen LogP contribution >= 0.6 is 7.82 Å². The van der Waals surface area contributed by atoms with Crippen molar-refractivity contribution in [1.82, 2.24) is 0 Å². The number of aliphatic hydroxyl groups is 1. The number of ether oxygens (including phenoxy) is 2. The molecule has 0 aromatic rings. The van der Waals surface area contributed by atoms with Crippen molar-refractivity contribution in [1.29, 1.82) is 0 Å². The summed E-state index contributed by atoms with van der Waals surface area (Å²) in [6, 6.07) is 0. The zero-order chi connectivity index (χ0) is 45.1. The molecule has 0 aliphatic rings. The maximum absolute atomic E-state index is 12.7. The lowest BCUT2D eigenvalue weighted by Crippen LogP contribution is -2.37. The fourth-order valence-corrected chi connectivity index (χ4v) is 6.03. The molecule has 0 saturated carbocycles. The van der Waals surface area contributed by atoms with Crippen LogP contribution in [0.15, 0.2) is 109 Å². The Labute approximate surface area is 370 Å². The van der Waals surface area contributed by atoms with E-state index in [-0.39, 0.29) is 26.1 Å². The summed E-state index contributed by atoms with van der Waals surface area (Å²) in [7, 11) is 1.06. The monoisotopic (exact) mass is 872 g/mol. The van der Waals surface area contributed by atoms with Crippen LogP contribution < -0.4 is 4.89 Å². The molecule has 61 heavy (non-hydrogen) atoms. The zero-order valence-corrected chi connectivity index (χ0v) is 39.3. The van der Waals surface area contributed by atoms with Gasteiger partial charge in [0.15, 0.2) is 6.10 Å². The minimum absolute atomic E-state index is 0.0620. The Morgan fingerprint density at radius 3 is 1.77 bits per heavy atom. The molecule has 0 spiro atoms. The molecule has 0 rings (SSSR count). The largest absolute Gasteiger partial charge is 0.756 e. The van der Waals surface area contributed by atoms with Crippen molar-refractivity contribution >= 4 is 19.8 Å². The molecule has 2 unspecified atom stereocenters. The first-order valence-corrected chi connectivity index (χ1v) is 24.2. The first-order valence-electron chi connectivity index (χ1n) is 22.7. The Hall–Kier alpha value is -3.37. The summed E-state index contributed by atoms with van der Waals surface area (Å²) in [6.07, 6.45) is 51.7. The molecule has 0 saturated heterocycles. The van der Waals surface area contributed by atoms with E-state index in [0.717, 1.165) is 64.2 Å². The molecule has 346 valence electrons. The number of allylic oxidation sites excluding steroid dienone is 16. The molecule has 0 aliphatic carbocycles. The second-order valence-electron chi connectivity index (χ2n) is 15.9. The molecule has 0 fully saturated rings. The highest BCUT2D eigenvalue weighted by Gasteiger charge is 2.21. The van der Waals surface area contributed by atoms with Gasteiger partial charge in [-0.1, -0.05) is 149 Å². The van der Waals surface area contributed by atoms with E-state index in [9.17, 15) is 24.2 Å². The van der Waals surface area contributed by atoms with Crippen LogP contribution in [-0.2, 0) is 32.7 Å². The number of hydrogen-bond acceptors (Lipinski definition) is 9.